The Balaban J connectivity index is 2.00. The van der Waals surface area contributed by atoms with Crippen LogP contribution in [0.25, 0.3) is 0 Å². The first-order valence-electron chi connectivity index (χ1n) is 8.27. The lowest BCUT2D eigenvalue weighted by Gasteiger charge is -2.25. The molecular weight excluding hydrogens is 304 g/mol. The first-order valence-corrected chi connectivity index (χ1v) is 8.27. The lowest BCUT2D eigenvalue weighted by Crippen LogP contribution is -2.19. The second kappa shape index (κ2) is 6.90. The second-order valence-electron chi connectivity index (χ2n) is 6.13. The smallest absolute Gasteiger partial charge is 0.237 e. The molecule has 0 atom stereocenters. The SMILES string of the molecule is COc1ncccc1N(C)c1nc(N)c(N)c(C2CCCCC2)n1. The summed E-state index contributed by atoms with van der Waals surface area (Å²) in [4.78, 5) is 15.1. The fourth-order valence-corrected chi connectivity index (χ4v) is 3.23. The standard InChI is InChI=1S/C17H24N6O/c1-23(12-9-6-10-20-16(12)24-2)17-21-14(13(18)15(19)22-17)11-7-4-3-5-8-11/h6,9-11H,3-5,7-8,18H2,1-2H3,(H2,19,21,22). The summed E-state index contributed by atoms with van der Waals surface area (Å²) in [6.07, 6.45) is 7.56. The molecule has 4 N–H and O–H groups in total. The van der Waals surface area contributed by atoms with Crippen LogP contribution in [0.3, 0.4) is 0 Å². The molecule has 0 saturated heterocycles. The fraction of sp³-hybridized carbons (Fsp3) is 0.471. The Kier molecular flexibility index (Phi) is 4.69. The summed E-state index contributed by atoms with van der Waals surface area (Å²) in [5.41, 5.74) is 14.4. The summed E-state index contributed by atoms with van der Waals surface area (Å²) in [5, 5.41) is 0. The first-order chi connectivity index (χ1) is 11.6. The van der Waals surface area contributed by atoms with E-state index in [9.17, 15) is 0 Å². The minimum absolute atomic E-state index is 0.329. The largest absolute Gasteiger partial charge is 0.480 e. The second-order valence-corrected chi connectivity index (χ2v) is 6.13. The van der Waals surface area contributed by atoms with E-state index in [2.05, 4.69) is 9.97 Å². The van der Waals surface area contributed by atoms with Crippen molar-refractivity contribution in [2.75, 3.05) is 30.5 Å². The van der Waals surface area contributed by atoms with Gasteiger partial charge in [0, 0.05) is 19.2 Å². The Bertz CT molecular complexity index is 714. The van der Waals surface area contributed by atoms with Gasteiger partial charge in [-0.15, -0.1) is 0 Å². The van der Waals surface area contributed by atoms with E-state index < -0.39 is 0 Å². The van der Waals surface area contributed by atoms with Crippen LogP contribution in [0.5, 0.6) is 5.88 Å². The number of nitrogens with two attached hydrogens (primary N) is 2. The summed E-state index contributed by atoms with van der Waals surface area (Å²) >= 11 is 0. The molecular formula is C17H24N6O. The van der Waals surface area contributed by atoms with Crippen molar-refractivity contribution < 1.29 is 4.74 Å². The highest BCUT2D eigenvalue weighted by molar-refractivity contribution is 5.68. The van der Waals surface area contributed by atoms with Gasteiger partial charge in [0.25, 0.3) is 0 Å². The first kappa shape index (κ1) is 16.3. The van der Waals surface area contributed by atoms with Crippen molar-refractivity contribution in [3.05, 3.63) is 24.0 Å². The summed E-state index contributed by atoms with van der Waals surface area (Å²) in [6.45, 7) is 0. The van der Waals surface area contributed by atoms with E-state index in [1.807, 2.05) is 24.1 Å². The number of nitrogen functional groups attached to an aromatic ring is 2. The predicted octanol–water partition coefficient (Wildman–Crippen LogP) is 2.86. The van der Waals surface area contributed by atoms with Gasteiger partial charge in [0.2, 0.25) is 11.8 Å². The van der Waals surface area contributed by atoms with Gasteiger partial charge in [0.1, 0.15) is 5.69 Å². The predicted molar refractivity (Wildman–Crippen MR) is 95.5 cm³/mol. The van der Waals surface area contributed by atoms with E-state index in [0.29, 0.717) is 29.3 Å². The average Bonchev–Trinajstić information content (AvgIpc) is 2.64. The van der Waals surface area contributed by atoms with Crippen LogP contribution in [0, 0.1) is 0 Å². The molecule has 0 radical (unpaired) electrons. The summed E-state index contributed by atoms with van der Waals surface area (Å²) < 4.78 is 5.32. The average molecular weight is 328 g/mol. The molecule has 24 heavy (non-hydrogen) atoms. The van der Waals surface area contributed by atoms with Gasteiger partial charge in [-0.05, 0) is 25.0 Å². The normalized spacial score (nSPS) is 15.2. The molecule has 1 aliphatic carbocycles. The van der Waals surface area contributed by atoms with Crippen LogP contribution in [0.4, 0.5) is 23.1 Å². The zero-order valence-corrected chi connectivity index (χ0v) is 14.2. The summed E-state index contributed by atoms with van der Waals surface area (Å²) in [7, 11) is 3.46. The van der Waals surface area contributed by atoms with E-state index >= 15 is 0 Å². The topological polar surface area (TPSA) is 103 Å². The minimum atomic E-state index is 0.329. The van der Waals surface area contributed by atoms with Crippen molar-refractivity contribution >= 4 is 23.1 Å². The van der Waals surface area contributed by atoms with E-state index in [4.69, 9.17) is 21.2 Å². The van der Waals surface area contributed by atoms with Crippen molar-refractivity contribution in [2.24, 2.45) is 0 Å². The van der Waals surface area contributed by atoms with Gasteiger partial charge >= 0.3 is 0 Å². The van der Waals surface area contributed by atoms with Crippen LogP contribution < -0.4 is 21.1 Å². The van der Waals surface area contributed by atoms with Gasteiger partial charge in [-0.2, -0.15) is 4.98 Å². The van der Waals surface area contributed by atoms with Gasteiger partial charge in [-0.3, -0.25) is 0 Å². The van der Waals surface area contributed by atoms with Gasteiger partial charge < -0.3 is 21.1 Å². The Morgan fingerprint density at radius 1 is 1.17 bits per heavy atom. The van der Waals surface area contributed by atoms with Crippen molar-refractivity contribution in [1.29, 1.82) is 0 Å². The number of methoxy groups -OCH3 is 1. The number of nitrogens with zero attached hydrogens (tertiary/aromatic N) is 4. The highest BCUT2D eigenvalue weighted by Crippen LogP contribution is 2.37. The van der Waals surface area contributed by atoms with E-state index in [1.54, 1.807) is 13.3 Å². The molecule has 1 saturated carbocycles. The quantitative estimate of drug-likeness (QED) is 0.889. The number of ether oxygens (including phenoxy) is 1. The molecule has 2 heterocycles. The molecule has 0 amide bonds. The molecule has 0 bridgehead atoms. The van der Waals surface area contributed by atoms with Gasteiger partial charge in [0.15, 0.2) is 5.82 Å². The molecule has 2 aromatic rings. The Morgan fingerprint density at radius 3 is 2.62 bits per heavy atom. The van der Waals surface area contributed by atoms with E-state index in [0.717, 1.165) is 24.2 Å². The zero-order valence-electron chi connectivity index (χ0n) is 14.2. The van der Waals surface area contributed by atoms with Crippen LogP contribution in [0.15, 0.2) is 18.3 Å². The summed E-state index contributed by atoms with van der Waals surface area (Å²) in [5.74, 6) is 1.70. The number of hydrogen-bond acceptors (Lipinski definition) is 7. The van der Waals surface area contributed by atoms with Crippen molar-refractivity contribution in [2.45, 2.75) is 38.0 Å². The maximum Gasteiger partial charge on any atom is 0.237 e. The molecule has 7 heteroatoms. The number of rotatable bonds is 4. The highest BCUT2D eigenvalue weighted by Gasteiger charge is 2.23. The molecule has 3 rings (SSSR count). The lowest BCUT2D eigenvalue weighted by molar-refractivity contribution is 0.399. The van der Waals surface area contributed by atoms with Gasteiger partial charge in [-0.1, -0.05) is 19.3 Å². The summed E-state index contributed by atoms with van der Waals surface area (Å²) in [6, 6.07) is 3.75. The van der Waals surface area contributed by atoms with Crippen LogP contribution in [-0.4, -0.2) is 29.1 Å². The van der Waals surface area contributed by atoms with Gasteiger partial charge in [0.05, 0.1) is 18.5 Å². The minimum Gasteiger partial charge on any atom is -0.480 e. The zero-order chi connectivity index (χ0) is 17.1. The number of pyridine rings is 1. The highest BCUT2D eigenvalue weighted by atomic mass is 16.5. The Morgan fingerprint density at radius 2 is 1.92 bits per heavy atom. The third kappa shape index (κ3) is 3.06. The Labute approximate surface area is 142 Å². The number of aromatic nitrogens is 3. The van der Waals surface area contributed by atoms with Crippen molar-refractivity contribution in [3.63, 3.8) is 0 Å². The van der Waals surface area contributed by atoms with Crippen LogP contribution in [-0.2, 0) is 0 Å². The van der Waals surface area contributed by atoms with Crippen LogP contribution >= 0.6 is 0 Å². The molecule has 0 spiro atoms. The van der Waals surface area contributed by atoms with Crippen LogP contribution in [0.2, 0.25) is 0 Å². The fourth-order valence-electron chi connectivity index (χ4n) is 3.23. The molecule has 128 valence electrons. The molecule has 0 aromatic carbocycles. The Hall–Kier alpha value is -2.57. The maximum absolute atomic E-state index is 6.17. The van der Waals surface area contributed by atoms with E-state index in [1.165, 1.54) is 19.3 Å². The molecule has 0 aliphatic heterocycles. The molecule has 7 nitrogen and oxygen atoms in total. The van der Waals surface area contributed by atoms with Crippen LogP contribution in [0.1, 0.15) is 43.7 Å². The van der Waals surface area contributed by atoms with E-state index in [-0.39, 0.29) is 0 Å². The third-order valence-corrected chi connectivity index (χ3v) is 4.59. The molecule has 1 fully saturated rings. The molecule has 1 aliphatic rings. The van der Waals surface area contributed by atoms with Gasteiger partial charge in [-0.25, -0.2) is 9.97 Å². The number of anilines is 4. The monoisotopic (exact) mass is 328 g/mol. The maximum atomic E-state index is 6.17. The number of hydrogen-bond donors (Lipinski definition) is 2. The van der Waals surface area contributed by atoms with Crippen molar-refractivity contribution in [3.8, 4) is 5.88 Å². The lowest BCUT2D eigenvalue weighted by atomic mass is 9.86. The molecule has 0 unspecified atom stereocenters. The van der Waals surface area contributed by atoms with Crippen molar-refractivity contribution in [1.82, 2.24) is 15.0 Å². The third-order valence-electron chi connectivity index (χ3n) is 4.59. The molecule has 2 aromatic heterocycles.